The van der Waals surface area contributed by atoms with Crippen LogP contribution in [0.25, 0.3) is 0 Å². The maximum absolute atomic E-state index is 12.3. The lowest BCUT2D eigenvalue weighted by atomic mass is 9.95. The van der Waals surface area contributed by atoms with Crippen molar-refractivity contribution in [3.05, 3.63) is 23.2 Å². The maximum Gasteiger partial charge on any atom is 0.241 e. The number of carbonyl (C=O) groups is 1. The molecule has 1 heterocycles. The van der Waals surface area contributed by atoms with Gasteiger partial charge in [0, 0.05) is 18.8 Å². The van der Waals surface area contributed by atoms with Gasteiger partial charge >= 0.3 is 0 Å². The Morgan fingerprint density at radius 1 is 1.57 bits per heavy atom. The summed E-state index contributed by atoms with van der Waals surface area (Å²) in [5.74, 6) is 0.0689. The van der Waals surface area contributed by atoms with Crippen LogP contribution in [-0.4, -0.2) is 41.1 Å². The van der Waals surface area contributed by atoms with Crippen LogP contribution in [0.1, 0.15) is 20.3 Å². The molecule has 5 nitrogen and oxygen atoms in total. The standard InChI is InChI=1S/C15H22ClN3O2/c1-9-8-19(6-5-14(9)20)10(2)15(21)18-13-4-3-11(17)7-12(13)16/h3-4,7,9-10,14,20H,5-6,8,17H2,1-2H3,(H,18,21). The van der Waals surface area contributed by atoms with E-state index in [1.165, 1.54) is 0 Å². The highest BCUT2D eigenvalue weighted by molar-refractivity contribution is 6.34. The van der Waals surface area contributed by atoms with Gasteiger partial charge < -0.3 is 16.2 Å². The topological polar surface area (TPSA) is 78.6 Å². The number of amides is 1. The van der Waals surface area contributed by atoms with Crippen LogP contribution in [0.3, 0.4) is 0 Å². The van der Waals surface area contributed by atoms with Crippen molar-refractivity contribution in [2.45, 2.75) is 32.4 Å². The maximum atomic E-state index is 12.3. The highest BCUT2D eigenvalue weighted by Gasteiger charge is 2.30. The fourth-order valence-corrected chi connectivity index (χ4v) is 2.79. The SMILES string of the molecule is CC1CN(C(C)C(=O)Nc2ccc(N)cc2Cl)CCC1O. The Labute approximate surface area is 130 Å². The number of piperidine rings is 1. The first-order valence-electron chi connectivity index (χ1n) is 7.16. The Balaban J connectivity index is 1.99. The van der Waals surface area contributed by atoms with E-state index in [4.69, 9.17) is 17.3 Å². The van der Waals surface area contributed by atoms with Crippen LogP contribution in [0.5, 0.6) is 0 Å². The van der Waals surface area contributed by atoms with Crippen LogP contribution in [0, 0.1) is 5.92 Å². The third kappa shape index (κ3) is 3.87. The highest BCUT2D eigenvalue weighted by atomic mass is 35.5. The van der Waals surface area contributed by atoms with Crippen molar-refractivity contribution in [3.8, 4) is 0 Å². The summed E-state index contributed by atoms with van der Waals surface area (Å²) in [6.45, 7) is 5.30. The van der Waals surface area contributed by atoms with Crippen LogP contribution in [0.4, 0.5) is 11.4 Å². The van der Waals surface area contributed by atoms with Gasteiger partial charge in [0.15, 0.2) is 0 Å². The number of anilines is 2. The molecule has 0 bridgehead atoms. The molecule has 3 atom stereocenters. The van der Waals surface area contributed by atoms with Crippen LogP contribution < -0.4 is 11.1 Å². The molecule has 1 aliphatic heterocycles. The lowest BCUT2D eigenvalue weighted by Gasteiger charge is -2.37. The van der Waals surface area contributed by atoms with Gasteiger partial charge in [0.25, 0.3) is 0 Å². The summed E-state index contributed by atoms with van der Waals surface area (Å²) in [4.78, 5) is 14.4. The van der Waals surface area contributed by atoms with Crippen molar-refractivity contribution in [2.75, 3.05) is 24.1 Å². The van der Waals surface area contributed by atoms with Crippen molar-refractivity contribution >= 4 is 28.9 Å². The molecule has 2 rings (SSSR count). The lowest BCUT2D eigenvalue weighted by molar-refractivity contribution is -0.122. The predicted molar refractivity (Wildman–Crippen MR) is 85.3 cm³/mol. The van der Waals surface area contributed by atoms with E-state index in [9.17, 15) is 9.90 Å². The molecule has 1 fully saturated rings. The Bertz CT molecular complexity index is 524. The quantitative estimate of drug-likeness (QED) is 0.746. The van der Waals surface area contributed by atoms with E-state index in [1.807, 2.05) is 13.8 Å². The fourth-order valence-electron chi connectivity index (χ4n) is 2.55. The van der Waals surface area contributed by atoms with Gasteiger partial charge in [0.2, 0.25) is 5.91 Å². The highest BCUT2D eigenvalue weighted by Crippen LogP contribution is 2.25. The van der Waals surface area contributed by atoms with E-state index in [-0.39, 0.29) is 24.0 Å². The molecule has 4 N–H and O–H groups in total. The number of nitrogens with zero attached hydrogens (tertiary/aromatic N) is 1. The Morgan fingerprint density at radius 3 is 2.90 bits per heavy atom. The van der Waals surface area contributed by atoms with Crippen LogP contribution in [0.15, 0.2) is 18.2 Å². The third-order valence-corrected chi connectivity index (χ3v) is 4.38. The summed E-state index contributed by atoms with van der Waals surface area (Å²) in [6, 6.07) is 4.74. The van der Waals surface area contributed by atoms with E-state index >= 15 is 0 Å². The van der Waals surface area contributed by atoms with Crippen molar-refractivity contribution in [2.24, 2.45) is 5.92 Å². The van der Waals surface area contributed by atoms with Crippen molar-refractivity contribution in [1.82, 2.24) is 4.90 Å². The first-order chi connectivity index (χ1) is 9.88. The number of benzene rings is 1. The number of nitrogens with two attached hydrogens (primary N) is 1. The van der Waals surface area contributed by atoms with Gasteiger partial charge in [0.05, 0.1) is 22.9 Å². The first kappa shape index (κ1) is 16.1. The van der Waals surface area contributed by atoms with Crippen molar-refractivity contribution in [1.29, 1.82) is 0 Å². The Morgan fingerprint density at radius 2 is 2.29 bits per heavy atom. The summed E-state index contributed by atoms with van der Waals surface area (Å²) >= 11 is 6.06. The number of aliphatic hydroxyl groups excluding tert-OH is 1. The smallest absolute Gasteiger partial charge is 0.241 e. The summed E-state index contributed by atoms with van der Waals surface area (Å²) in [7, 11) is 0. The molecule has 1 amide bonds. The van der Waals surface area contributed by atoms with E-state index in [0.29, 0.717) is 29.4 Å². The number of carbonyl (C=O) groups excluding carboxylic acids is 1. The zero-order valence-corrected chi connectivity index (χ0v) is 13.1. The van der Waals surface area contributed by atoms with Crippen LogP contribution >= 0.6 is 11.6 Å². The van der Waals surface area contributed by atoms with Crippen molar-refractivity contribution < 1.29 is 9.90 Å². The molecular formula is C15H22ClN3O2. The Hall–Kier alpha value is -1.30. The molecule has 1 aromatic carbocycles. The summed E-state index contributed by atoms with van der Waals surface area (Å²) < 4.78 is 0. The number of nitrogens with one attached hydrogen (secondary N) is 1. The van der Waals surface area contributed by atoms with E-state index < -0.39 is 0 Å². The van der Waals surface area contributed by atoms with Crippen molar-refractivity contribution in [3.63, 3.8) is 0 Å². The molecule has 21 heavy (non-hydrogen) atoms. The molecule has 116 valence electrons. The average molecular weight is 312 g/mol. The number of likely N-dealkylation sites (tertiary alicyclic amines) is 1. The molecule has 0 saturated carbocycles. The normalized spacial score (nSPS) is 24.6. The number of rotatable bonds is 3. The molecule has 6 heteroatoms. The molecule has 3 unspecified atom stereocenters. The average Bonchev–Trinajstić information content (AvgIpc) is 2.44. The van der Waals surface area contributed by atoms with Gasteiger partial charge in [-0.15, -0.1) is 0 Å². The van der Waals surface area contributed by atoms with Gasteiger partial charge in [0.1, 0.15) is 0 Å². The minimum atomic E-state index is -0.275. The van der Waals surface area contributed by atoms with Crippen LogP contribution in [0.2, 0.25) is 5.02 Å². The monoisotopic (exact) mass is 311 g/mol. The second-order valence-electron chi connectivity index (χ2n) is 5.73. The lowest BCUT2D eigenvalue weighted by Crippen LogP contribution is -2.50. The minimum absolute atomic E-state index is 0.106. The van der Waals surface area contributed by atoms with E-state index in [2.05, 4.69) is 10.2 Å². The zero-order chi connectivity index (χ0) is 15.6. The van der Waals surface area contributed by atoms with E-state index in [0.717, 1.165) is 6.54 Å². The molecule has 1 aromatic rings. The molecular weight excluding hydrogens is 290 g/mol. The number of aliphatic hydroxyl groups is 1. The molecule has 1 aliphatic rings. The van der Waals surface area contributed by atoms with Gasteiger partial charge in [-0.2, -0.15) is 0 Å². The van der Waals surface area contributed by atoms with Gasteiger partial charge in [-0.1, -0.05) is 18.5 Å². The molecule has 0 spiro atoms. The fraction of sp³-hybridized carbons (Fsp3) is 0.533. The molecule has 1 saturated heterocycles. The summed E-state index contributed by atoms with van der Waals surface area (Å²) in [5.41, 5.74) is 6.76. The number of nitrogen functional groups attached to an aromatic ring is 1. The number of hydrogen-bond acceptors (Lipinski definition) is 4. The second-order valence-corrected chi connectivity index (χ2v) is 6.14. The van der Waals surface area contributed by atoms with Gasteiger partial charge in [-0.05, 0) is 37.5 Å². The second kappa shape index (κ2) is 6.64. The first-order valence-corrected chi connectivity index (χ1v) is 7.54. The third-order valence-electron chi connectivity index (χ3n) is 4.07. The van der Waals surface area contributed by atoms with Gasteiger partial charge in [-0.3, -0.25) is 9.69 Å². The van der Waals surface area contributed by atoms with Gasteiger partial charge in [-0.25, -0.2) is 0 Å². The largest absolute Gasteiger partial charge is 0.399 e. The number of halogens is 1. The summed E-state index contributed by atoms with van der Waals surface area (Å²) in [6.07, 6.45) is 0.421. The molecule has 0 radical (unpaired) electrons. The number of hydrogen-bond donors (Lipinski definition) is 3. The summed E-state index contributed by atoms with van der Waals surface area (Å²) in [5, 5.41) is 13.0. The van der Waals surface area contributed by atoms with Crippen LogP contribution in [-0.2, 0) is 4.79 Å². The van der Waals surface area contributed by atoms with E-state index in [1.54, 1.807) is 18.2 Å². The predicted octanol–water partition coefficient (Wildman–Crippen LogP) is 1.95. The Kier molecular flexibility index (Phi) is 5.08. The molecule has 0 aromatic heterocycles. The zero-order valence-electron chi connectivity index (χ0n) is 12.3. The molecule has 0 aliphatic carbocycles. The minimum Gasteiger partial charge on any atom is -0.399 e.